The van der Waals surface area contributed by atoms with Gasteiger partial charge in [0.2, 0.25) is 0 Å². The molecule has 0 atom stereocenters. The van der Waals surface area contributed by atoms with Gasteiger partial charge in [-0.05, 0) is 24.3 Å². The minimum atomic E-state index is 0.741. The number of aromatic nitrogens is 1. The molecule has 1 aliphatic carbocycles. The van der Waals surface area contributed by atoms with E-state index in [0.29, 0.717) is 0 Å². The third-order valence-electron chi connectivity index (χ3n) is 3.68. The predicted octanol–water partition coefficient (Wildman–Crippen LogP) is 3.28. The highest BCUT2D eigenvalue weighted by Crippen LogP contribution is 2.25. The number of rotatable bonds is 4. The van der Waals surface area contributed by atoms with Crippen molar-refractivity contribution in [2.45, 2.75) is 25.3 Å². The van der Waals surface area contributed by atoms with Crippen molar-refractivity contribution in [3.63, 3.8) is 0 Å². The van der Waals surface area contributed by atoms with E-state index in [-0.39, 0.29) is 0 Å². The highest BCUT2D eigenvalue weighted by atomic mass is 16.3. The Morgan fingerprint density at radius 3 is 2.95 bits per heavy atom. The second-order valence-electron chi connectivity index (χ2n) is 5.22. The van der Waals surface area contributed by atoms with Crippen molar-refractivity contribution in [2.24, 2.45) is 0 Å². The Morgan fingerprint density at radius 2 is 2.05 bits per heavy atom. The van der Waals surface area contributed by atoms with Crippen molar-refractivity contribution >= 4 is 21.9 Å². The minimum Gasteiger partial charge on any atom is -0.441 e. The zero-order chi connectivity index (χ0) is 12.7. The molecule has 3 heteroatoms. The predicted molar refractivity (Wildman–Crippen MR) is 76.2 cm³/mol. The van der Waals surface area contributed by atoms with Crippen LogP contribution in [-0.4, -0.2) is 17.6 Å². The van der Waals surface area contributed by atoms with Crippen LogP contribution in [0.2, 0.25) is 0 Å². The molecular weight excluding hydrogens is 236 g/mol. The van der Waals surface area contributed by atoms with Gasteiger partial charge in [-0.25, -0.2) is 4.98 Å². The lowest BCUT2D eigenvalue weighted by Crippen LogP contribution is -2.19. The number of oxazole rings is 1. The molecule has 0 amide bonds. The van der Waals surface area contributed by atoms with Gasteiger partial charge in [-0.2, -0.15) is 0 Å². The number of nitrogens with one attached hydrogen (secondary N) is 1. The Morgan fingerprint density at radius 1 is 1.16 bits per heavy atom. The van der Waals surface area contributed by atoms with E-state index in [9.17, 15) is 0 Å². The topological polar surface area (TPSA) is 38.1 Å². The first-order chi connectivity index (χ1) is 9.40. The molecule has 0 aliphatic heterocycles. The third-order valence-corrected chi connectivity index (χ3v) is 3.68. The lowest BCUT2D eigenvalue weighted by Gasteiger charge is -1.97. The van der Waals surface area contributed by atoms with Gasteiger partial charge in [0, 0.05) is 24.4 Å². The number of benzene rings is 2. The van der Waals surface area contributed by atoms with Crippen LogP contribution in [0.25, 0.3) is 21.9 Å². The maximum Gasteiger partial charge on any atom is 0.196 e. The average Bonchev–Trinajstić information content (AvgIpc) is 3.16. The molecule has 1 saturated carbocycles. The van der Waals surface area contributed by atoms with E-state index in [0.717, 1.165) is 36.0 Å². The summed E-state index contributed by atoms with van der Waals surface area (Å²) >= 11 is 0. The molecule has 4 rings (SSSR count). The van der Waals surface area contributed by atoms with Crippen molar-refractivity contribution < 1.29 is 4.42 Å². The number of nitrogens with zero attached hydrogens (tertiary/aromatic N) is 1. The molecule has 0 saturated heterocycles. The van der Waals surface area contributed by atoms with Gasteiger partial charge in [-0.3, -0.25) is 0 Å². The van der Waals surface area contributed by atoms with Crippen molar-refractivity contribution in [1.29, 1.82) is 0 Å². The molecule has 0 spiro atoms. The summed E-state index contributed by atoms with van der Waals surface area (Å²) in [5, 5.41) is 5.87. The van der Waals surface area contributed by atoms with Gasteiger partial charge < -0.3 is 9.73 Å². The van der Waals surface area contributed by atoms with E-state index in [1.807, 2.05) is 12.1 Å². The summed E-state index contributed by atoms with van der Waals surface area (Å²) in [5.41, 5.74) is 1.87. The van der Waals surface area contributed by atoms with E-state index in [1.54, 1.807) is 0 Å². The van der Waals surface area contributed by atoms with Crippen molar-refractivity contribution in [2.75, 3.05) is 6.54 Å². The van der Waals surface area contributed by atoms with Crippen molar-refractivity contribution in [1.82, 2.24) is 10.3 Å². The minimum absolute atomic E-state index is 0.741. The first kappa shape index (κ1) is 11.0. The highest BCUT2D eigenvalue weighted by molar-refractivity contribution is 6.03. The SMILES string of the molecule is c1ccc2c(c1)ccc1oc(CCNC3CC3)nc12. The van der Waals surface area contributed by atoms with Crippen LogP contribution in [0.4, 0.5) is 0 Å². The molecule has 3 nitrogen and oxygen atoms in total. The van der Waals surface area contributed by atoms with Crippen LogP contribution in [0.5, 0.6) is 0 Å². The van der Waals surface area contributed by atoms with Crippen LogP contribution in [0.1, 0.15) is 18.7 Å². The molecular formula is C16H16N2O. The van der Waals surface area contributed by atoms with Gasteiger partial charge in [-0.15, -0.1) is 0 Å². The molecule has 19 heavy (non-hydrogen) atoms. The molecule has 1 N–H and O–H groups in total. The second kappa shape index (κ2) is 4.35. The summed E-state index contributed by atoms with van der Waals surface area (Å²) in [6.45, 7) is 0.954. The fourth-order valence-electron chi connectivity index (χ4n) is 2.48. The molecule has 0 bridgehead atoms. The molecule has 1 aliphatic rings. The van der Waals surface area contributed by atoms with Crippen LogP contribution in [0.15, 0.2) is 40.8 Å². The Labute approximate surface area is 111 Å². The van der Waals surface area contributed by atoms with Gasteiger partial charge >= 0.3 is 0 Å². The van der Waals surface area contributed by atoms with E-state index >= 15 is 0 Å². The number of fused-ring (bicyclic) bond motifs is 3. The van der Waals surface area contributed by atoms with Crippen molar-refractivity contribution in [3.8, 4) is 0 Å². The third kappa shape index (κ3) is 2.10. The van der Waals surface area contributed by atoms with E-state index in [2.05, 4.69) is 34.6 Å². The first-order valence-corrected chi connectivity index (χ1v) is 6.91. The smallest absolute Gasteiger partial charge is 0.196 e. The van der Waals surface area contributed by atoms with Crippen LogP contribution in [0.3, 0.4) is 0 Å². The van der Waals surface area contributed by atoms with Crippen LogP contribution in [0, 0.1) is 0 Å². The van der Waals surface area contributed by atoms with Crippen LogP contribution < -0.4 is 5.32 Å². The van der Waals surface area contributed by atoms with E-state index in [1.165, 1.54) is 23.6 Å². The van der Waals surface area contributed by atoms with Crippen LogP contribution in [-0.2, 0) is 6.42 Å². The maximum absolute atomic E-state index is 5.83. The lowest BCUT2D eigenvalue weighted by molar-refractivity contribution is 0.514. The summed E-state index contributed by atoms with van der Waals surface area (Å²) in [7, 11) is 0. The standard InChI is InChI=1S/C16H16N2O/c1-2-4-13-11(3-1)5-8-14-16(13)18-15(19-14)9-10-17-12-6-7-12/h1-5,8,12,17H,6-7,9-10H2. The van der Waals surface area contributed by atoms with Gasteiger partial charge in [0.15, 0.2) is 11.5 Å². The molecule has 3 aromatic rings. The van der Waals surface area contributed by atoms with Crippen molar-refractivity contribution in [3.05, 3.63) is 42.3 Å². The fourth-order valence-corrected chi connectivity index (χ4v) is 2.48. The average molecular weight is 252 g/mol. The fraction of sp³-hybridized carbons (Fsp3) is 0.312. The van der Waals surface area contributed by atoms with Gasteiger partial charge in [0.25, 0.3) is 0 Å². The van der Waals surface area contributed by atoms with E-state index < -0.39 is 0 Å². The Hall–Kier alpha value is -1.87. The zero-order valence-electron chi connectivity index (χ0n) is 10.7. The molecule has 2 aromatic carbocycles. The molecule has 96 valence electrons. The maximum atomic E-state index is 5.83. The summed E-state index contributed by atoms with van der Waals surface area (Å²) < 4.78 is 5.83. The zero-order valence-corrected chi connectivity index (χ0v) is 10.7. The largest absolute Gasteiger partial charge is 0.441 e. The Kier molecular flexibility index (Phi) is 2.52. The van der Waals surface area contributed by atoms with Gasteiger partial charge in [0.05, 0.1) is 0 Å². The van der Waals surface area contributed by atoms with Gasteiger partial charge in [0.1, 0.15) is 5.52 Å². The highest BCUT2D eigenvalue weighted by Gasteiger charge is 2.20. The summed E-state index contributed by atoms with van der Waals surface area (Å²) in [6.07, 6.45) is 3.50. The van der Waals surface area contributed by atoms with Gasteiger partial charge in [-0.1, -0.05) is 30.3 Å². The number of hydrogen-bond acceptors (Lipinski definition) is 3. The monoisotopic (exact) mass is 252 g/mol. The summed E-state index contributed by atoms with van der Waals surface area (Å²) in [5.74, 6) is 0.833. The quantitative estimate of drug-likeness (QED) is 0.774. The molecule has 1 aromatic heterocycles. The molecule has 0 unspecified atom stereocenters. The number of hydrogen-bond donors (Lipinski definition) is 1. The van der Waals surface area contributed by atoms with E-state index in [4.69, 9.17) is 4.42 Å². The second-order valence-corrected chi connectivity index (χ2v) is 5.22. The normalized spacial score (nSPS) is 15.4. The molecule has 1 heterocycles. The summed E-state index contributed by atoms with van der Waals surface area (Å²) in [6, 6.07) is 13.2. The first-order valence-electron chi connectivity index (χ1n) is 6.91. The Balaban J connectivity index is 1.67. The lowest BCUT2D eigenvalue weighted by atomic mass is 10.1. The molecule has 1 fully saturated rings. The summed E-state index contributed by atoms with van der Waals surface area (Å²) in [4.78, 5) is 4.65. The van der Waals surface area contributed by atoms with Crippen LogP contribution >= 0.6 is 0 Å². The molecule has 0 radical (unpaired) electrons. The Bertz CT molecular complexity index is 728.